The van der Waals surface area contributed by atoms with Crippen LogP contribution in [0.4, 0.5) is 0 Å². The molecule has 3 heteroatoms. The number of aromatic carboxylic acids is 1. The van der Waals surface area contributed by atoms with Gasteiger partial charge in [-0.25, -0.2) is 4.79 Å². The molecule has 1 N–H and O–H groups in total. The molecule has 0 aliphatic heterocycles. The molecule has 0 amide bonds. The minimum absolute atomic E-state index is 0.382. The van der Waals surface area contributed by atoms with Crippen LogP contribution in [0.2, 0.25) is 0 Å². The van der Waals surface area contributed by atoms with Gasteiger partial charge in [-0.1, -0.05) is 30.2 Å². The Morgan fingerprint density at radius 3 is 2.50 bits per heavy atom. The number of aryl methyl sites for hydroxylation is 1. The lowest BCUT2D eigenvalue weighted by Gasteiger charge is -2.13. The minimum Gasteiger partial charge on any atom is -0.497 e. The van der Waals surface area contributed by atoms with Crippen LogP contribution in [0.15, 0.2) is 41.5 Å². The molecule has 0 aliphatic rings. The number of carboxylic acids is 1. The van der Waals surface area contributed by atoms with E-state index in [0.29, 0.717) is 17.2 Å². The van der Waals surface area contributed by atoms with E-state index in [1.807, 2.05) is 6.07 Å². The van der Waals surface area contributed by atoms with Crippen molar-refractivity contribution in [1.82, 2.24) is 0 Å². The third-order valence-electron chi connectivity index (χ3n) is 4.69. The van der Waals surface area contributed by atoms with Crippen molar-refractivity contribution >= 4 is 5.97 Å². The van der Waals surface area contributed by atoms with E-state index < -0.39 is 5.97 Å². The second kappa shape index (κ2) is 11.6. The summed E-state index contributed by atoms with van der Waals surface area (Å²) >= 11 is 0. The van der Waals surface area contributed by atoms with Crippen LogP contribution in [-0.4, -0.2) is 18.2 Å². The van der Waals surface area contributed by atoms with Gasteiger partial charge < -0.3 is 9.84 Å². The van der Waals surface area contributed by atoms with Crippen LogP contribution >= 0.6 is 0 Å². The quantitative estimate of drug-likeness (QED) is 0.463. The summed E-state index contributed by atoms with van der Waals surface area (Å²) in [5, 5.41) is 9.35. The standard InChI is InChI=1S/C23H34O3/c1-17(2)8-6-9-18(3)10-7-11-19(4)12-13-20-16-21(26-5)14-15-22(20)23(24)25/h8,10,14-16,19H,6-7,9,11-13H2,1-5H3,(H,24,25)/b18-10+. The summed E-state index contributed by atoms with van der Waals surface area (Å²) < 4.78 is 5.23. The molecule has 0 spiro atoms. The molecule has 0 saturated heterocycles. The monoisotopic (exact) mass is 358 g/mol. The van der Waals surface area contributed by atoms with Crippen LogP contribution in [0.1, 0.15) is 75.7 Å². The van der Waals surface area contributed by atoms with Gasteiger partial charge in [0.2, 0.25) is 0 Å². The Balaban J connectivity index is 2.48. The maximum atomic E-state index is 11.4. The number of ether oxygens (including phenoxy) is 1. The summed E-state index contributed by atoms with van der Waals surface area (Å²) in [6.07, 6.45) is 10.9. The normalized spacial score (nSPS) is 12.6. The minimum atomic E-state index is -0.870. The molecule has 0 radical (unpaired) electrons. The average Bonchev–Trinajstić information content (AvgIpc) is 2.59. The maximum absolute atomic E-state index is 11.4. The van der Waals surface area contributed by atoms with E-state index in [2.05, 4.69) is 39.8 Å². The van der Waals surface area contributed by atoms with E-state index >= 15 is 0 Å². The summed E-state index contributed by atoms with van der Waals surface area (Å²) in [6.45, 7) is 8.73. The smallest absolute Gasteiger partial charge is 0.335 e. The van der Waals surface area contributed by atoms with E-state index in [9.17, 15) is 9.90 Å². The molecule has 0 saturated carbocycles. The molecule has 1 unspecified atom stereocenters. The van der Waals surface area contributed by atoms with Crippen molar-refractivity contribution < 1.29 is 14.6 Å². The predicted molar refractivity (Wildman–Crippen MR) is 109 cm³/mol. The molecular formula is C23H34O3. The largest absolute Gasteiger partial charge is 0.497 e. The Morgan fingerprint density at radius 2 is 1.88 bits per heavy atom. The Bertz CT molecular complexity index is 637. The second-order valence-corrected chi connectivity index (χ2v) is 7.42. The summed E-state index contributed by atoms with van der Waals surface area (Å²) in [7, 11) is 1.61. The first kappa shape index (κ1) is 22.0. The summed E-state index contributed by atoms with van der Waals surface area (Å²) in [5.41, 5.74) is 4.07. The van der Waals surface area contributed by atoms with Crippen LogP contribution in [-0.2, 0) is 6.42 Å². The molecule has 0 heterocycles. The third kappa shape index (κ3) is 8.37. The molecule has 1 aromatic rings. The van der Waals surface area contributed by atoms with Crippen molar-refractivity contribution in [3.8, 4) is 5.75 Å². The van der Waals surface area contributed by atoms with Crippen molar-refractivity contribution in [3.63, 3.8) is 0 Å². The van der Waals surface area contributed by atoms with E-state index in [1.165, 1.54) is 11.1 Å². The fourth-order valence-electron chi connectivity index (χ4n) is 2.96. The lowest BCUT2D eigenvalue weighted by Crippen LogP contribution is -2.05. The van der Waals surface area contributed by atoms with Gasteiger partial charge in [-0.05, 0) is 89.0 Å². The molecule has 1 rings (SSSR count). The van der Waals surface area contributed by atoms with E-state index in [1.54, 1.807) is 19.2 Å². The number of benzene rings is 1. The zero-order valence-electron chi connectivity index (χ0n) is 17.0. The molecule has 0 aromatic heterocycles. The average molecular weight is 359 g/mol. The highest BCUT2D eigenvalue weighted by Crippen LogP contribution is 2.22. The van der Waals surface area contributed by atoms with Crippen molar-refractivity contribution in [2.45, 2.75) is 66.2 Å². The SMILES string of the molecule is COc1ccc(C(=O)O)c(CCC(C)CC/C=C(\C)CCC=C(C)C)c1. The second-order valence-electron chi connectivity index (χ2n) is 7.42. The Hall–Kier alpha value is -2.03. The first-order chi connectivity index (χ1) is 12.3. The zero-order chi connectivity index (χ0) is 19.5. The van der Waals surface area contributed by atoms with Gasteiger partial charge in [0.15, 0.2) is 0 Å². The number of methoxy groups -OCH3 is 1. The fraction of sp³-hybridized carbons (Fsp3) is 0.522. The fourth-order valence-corrected chi connectivity index (χ4v) is 2.96. The Kier molecular flexibility index (Phi) is 9.79. The van der Waals surface area contributed by atoms with Gasteiger partial charge in [0.1, 0.15) is 5.75 Å². The summed E-state index contributed by atoms with van der Waals surface area (Å²) in [4.78, 5) is 11.4. The van der Waals surface area contributed by atoms with E-state index in [-0.39, 0.29) is 0 Å². The third-order valence-corrected chi connectivity index (χ3v) is 4.69. The molecule has 1 atom stereocenters. The van der Waals surface area contributed by atoms with Crippen LogP contribution in [0.25, 0.3) is 0 Å². The molecule has 144 valence electrons. The number of carbonyl (C=O) groups is 1. The Labute approximate surface area is 158 Å². The van der Waals surface area contributed by atoms with E-state index in [4.69, 9.17) is 4.74 Å². The first-order valence-electron chi connectivity index (χ1n) is 9.52. The van der Waals surface area contributed by atoms with Gasteiger partial charge in [0.05, 0.1) is 12.7 Å². The molecule has 0 aliphatic carbocycles. The first-order valence-corrected chi connectivity index (χ1v) is 9.52. The number of rotatable bonds is 11. The molecule has 3 nitrogen and oxygen atoms in total. The molecule has 0 bridgehead atoms. The van der Waals surface area contributed by atoms with E-state index in [0.717, 1.165) is 44.1 Å². The molecule has 0 fully saturated rings. The van der Waals surface area contributed by atoms with Gasteiger partial charge in [0.25, 0.3) is 0 Å². The number of hydrogen-bond donors (Lipinski definition) is 1. The molecule has 26 heavy (non-hydrogen) atoms. The van der Waals surface area contributed by atoms with Gasteiger partial charge in [0, 0.05) is 0 Å². The van der Waals surface area contributed by atoms with Crippen LogP contribution in [0.5, 0.6) is 5.75 Å². The maximum Gasteiger partial charge on any atom is 0.335 e. The lowest BCUT2D eigenvalue weighted by molar-refractivity contribution is 0.0695. The highest BCUT2D eigenvalue weighted by Gasteiger charge is 2.12. The van der Waals surface area contributed by atoms with Crippen molar-refractivity contribution in [3.05, 3.63) is 52.6 Å². The van der Waals surface area contributed by atoms with Crippen molar-refractivity contribution in [1.29, 1.82) is 0 Å². The van der Waals surface area contributed by atoms with Crippen LogP contribution in [0.3, 0.4) is 0 Å². The highest BCUT2D eigenvalue weighted by atomic mass is 16.5. The number of hydrogen-bond acceptors (Lipinski definition) is 2. The van der Waals surface area contributed by atoms with Gasteiger partial charge >= 0.3 is 5.97 Å². The summed E-state index contributed by atoms with van der Waals surface area (Å²) in [6, 6.07) is 5.20. The topological polar surface area (TPSA) is 46.5 Å². The Morgan fingerprint density at radius 1 is 1.15 bits per heavy atom. The van der Waals surface area contributed by atoms with Gasteiger partial charge in [-0.15, -0.1) is 0 Å². The van der Waals surface area contributed by atoms with Crippen molar-refractivity contribution in [2.24, 2.45) is 5.92 Å². The highest BCUT2D eigenvalue weighted by molar-refractivity contribution is 5.89. The predicted octanol–water partition coefficient (Wildman–Crippen LogP) is 6.44. The van der Waals surface area contributed by atoms with Crippen molar-refractivity contribution in [2.75, 3.05) is 7.11 Å². The zero-order valence-corrected chi connectivity index (χ0v) is 17.0. The van der Waals surface area contributed by atoms with Crippen LogP contribution in [0, 0.1) is 5.92 Å². The number of allylic oxidation sites excluding steroid dienone is 4. The lowest BCUT2D eigenvalue weighted by atomic mass is 9.94. The molecular weight excluding hydrogens is 324 g/mol. The van der Waals surface area contributed by atoms with Crippen LogP contribution < -0.4 is 4.74 Å². The molecule has 1 aromatic carbocycles. The summed E-state index contributed by atoms with van der Waals surface area (Å²) in [5.74, 6) is 0.405. The van der Waals surface area contributed by atoms with Gasteiger partial charge in [-0.2, -0.15) is 0 Å². The number of carboxylic acid groups (broad SMARTS) is 1. The van der Waals surface area contributed by atoms with Gasteiger partial charge in [-0.3, -0.25) is 0 Å².